The van der Waals surface area contributed by atoms with Crippen molar-refractivity contribution in [1.82, 2.24) is 24.5 Å². The number of piperidine rings is 1. The van der Waals surface area contributed by atoms with Crippen molar-refractivity contribution in [3.63, 3.8) is 0 Å². The molecule has 1 saturated heterocycles. The van der Waals surface area contributed by atoms with Crippen LogP contribution in [-0.4, -0.2) is 56.6 Å². The molecule has 0 aliphatic carbocycles. The molecule has 5 rings (SSSR count). The molecule has 2 N–H and O–H groups in total. The highest BCUT2D eigenvalue weighted by molar-refractivity contribution is 5.73. The van der Waals surface area contributed by atoms with Gasteiger partial charge in [-0.15, -0.1) is 5.10 Å². The number of hydrogen-bond donors (Lipinski definition) is 1. The Morgan fingerprint density at radius 1 is 1.16 bits per heavy atom. The van der Waals surface area contributed by atoms with E-state index >= 15 is 0 Å². The molecule has 0 spiro atoms. The normalized spacial score (nSPS) is 14.8. The first-order chi connectivity index (χ1) is 15.5. The second-order valence-electron chi connectivity index (χ2n) is 8.08. The fourth-order valence-electron chi connectivity index (χ4n) is 4.20. The van der Waals surface area contributed by atoms with Gasteiger partial charge >= 0.3 is 0 Å². The van der Waals surface area contributed by atoms with Crippen LogP contribution in [-0.2, 0) is 4.79 Å². The van der Waals surface area contributed by atoms with E-state index in [0.29, 0.717) is 23.3 Å². The predicted molar refractivity (Wildman–Crippen MR) is 122 cm³/mol. The number of carbonyl (C=O) groups excluding carboxylic acids is 1. The molecule has 0 bridgehead atoms. The molecule has 0 radical (unpaired) electrons. The van der Waals surface area contributed by atoms with E-state index in [1.807, 2.05) is 30.1 Å². The van der Waals surface area contributed by atoms with Crippen LogP contribution in [0.1, 0.15) is 19.8 Å². The molecule has 1 aliphatic heterocycles. The zero-order valence-electron chi connectivity index (χ0n) is 18.1. The van der Waals surface area contributed by atoms with Crippen LogP contribution in [0, 0.1) is 0 Å². The number of fused-ring (bicyclic) bond motifs is 1. The fourth-order valence-corrected chi connectivity index (χ4v) is 4.20. The highest BCUT2D eigenvalue weighted by Crippen LogP contribution is 2.28. The average molecular weight is 432 g/mol. The molecule has 9 nitrogen and oxygen atoms in total. The van der Waals surface area contributed by atoms with E-state index in [1.54, 1.807) is 25.3 Å². The van der Waals surface area contributed by atoms with Crippen LogP contribution >= 0.6 is 0 Å². The largest absolute Gasteiger partial charge is 0.461 e. The molecule has 1 aliphatic rings. The number of anilines is 2. The lowest BCUT2D eigenvalue weighted by molar-refractivity contribution is -0.129. The van der Waals surface area contributed by atoms with Crippen LogP contribution in [0.25, 0.3) is 28.5 Å². The highest BCUT2D eigenvalue weighted by Gasteiger charge is 2.24. The maximum absolute atomic E-state index is 11.7. The summed E-state index contributed by atoms with van der Waals surface area (Å²) in [5.41, 5.74) is 9.62. The van der Waals surface area contributed by atoms with Crippen LogP contribution in [0.2, 0.25) is 0 Å². The Morgan fingerprint density at radius 3 is 2.69 bits per heavy atom. The second kappa shape index (κ2) is 7.99. The van der Waals surface area contributed by atoms with E-state index in [-0.39, 0.29) is 11.9 Å². The standard InChI is InChI=1S/C23H25N7O2/c1-15(31)28(2)17-8-10-29(11-9-17)18-6-3-5-16(13-18)19-14-21-26-22(20-7-4-12-32-20)27-30(21)23(24)25-19/h3-7,12-14,17H,8-11H2,1-2H3,(H2,24,25). The summed E-state index contributed by atoms with van der Waals surface area (Å²) in [5, 5.41) is 4.40. The fraction of sp³-hybridized carbons (Fsp3) is 0.304. The number of aromatic nitrogens is 4. The molecule has 1 amide bonds. The summed E-state index contributed by atoms with van der Waals surface area (Å²) in [4.78, 5) is 25.0. The van der Waals surface area contributed by atoms with Gasteiger partial charge in [0.25, 0.3) is 0 Å². The van der Waals surface area contributed by atoms with Gasteiger partial charge in [-0.1, -0.05) is 12.1 Å². The first kappa shape index (κ1) is 20.0. The first-order valence-electron chi connectivity index (χ1n) is 10.7. The smallest absolute Gasteiger partial charge is 0.223 e. The third-order valence-electron chi connectivity index (χ3n) is 6.11. The minimum atomic E-state index is 0.119. The number of carbonyl (C=O) groups is 1. The molecule has 9 heteroatoms. The Balaban J connectivity index is 1.40. The Bertz CT molecular complexity index is 1260. The average Bonchev–Trinajstić information content (AvgIpc) is 3.49. The monoisotopic (exact) mass is 431 g/mol. The number of nitrogens with two attached hydrogens (primary N) is 1. The Kier molecular flexibility index (Phi) is 5.01. The number of nitrogen functional groups attached to an aromatic ring is 1. The summed E-state index contributed by atoms with van der Waals surface area (Å²) in [7, 11) is 1.89. The molecular formula is C23H25N7O2. The van der Waals surface area contributed by atoms with Crippen LogP contribution in [0.4, 0.5) is 11.6 Å². The van der Waals surface area contributed by atoms with Crippen molar-refractivity contribution in [2.24, 2.45) is 0 Å². The molecular weight excluding hydrogens is 406 g/mol. The topological polar surface area (TPSA) is 106 Å². The lowest BCUT2D eigenvalue weighted by Gasteiger charge is -2.37. The molecule has 164 valence electrons. The van der Waals surface area contributed by atoms with Gasteiger partial charge in [0.1, 0.15) is 0 Å². The van der Waals surface area contributed by atoms with E-state index < -0.39 is 0 Å². The lowest BCUT2D eigenvalue weighted by atomic mass is 10.0. The van der Waals surface area contributed by atoms with Gasteiger partial charge in [0.2, 0.25) is 17.7 Å². The van der Waals surface area contributed by atoms with Crippen molar-refractivity contribution in [2.75, 3.05) is 30.8 Å². The van der Waals surface area contributed by atoms with Crippen molar-refractivity contribution in [3.05, 3.63) is 48.7 Å². The molecule has 0 atom stereocenters. The summed E-state index contributed by atoms with van der Waals surface area (Å²) in [6.45, 7) is 3.42. The number of nitrogens with zero attached hydrogens (tertiary/aromatic N) is 6. The molecule has 4 heterocycles. The van der Waals surface area contributed by atoms with E-state index in [9.17, 15) is 4.79 Å². The number of furan rings is 1. The highest BCUT2D eigenvalue weighted by atomic mass is 16.3. The molecule has 1 fully saturated rings. The third-order valence-corrected chi connectivity index (χ3v) is 6.11. The number of rotatable bonds is 4. The predicted octanol–water partition coefficient (Wildman–Crippen LogP) is 3.08. The van der Waals surface area contributed by atoms with Gasteiger partial charge in [0, 0.05) is 50.4 Å². The van der Waals surface area contributed by atoms with E-state index in [4.69, 9.17) is 10.2 Å². The number of amides is 1. The van der Waals surface area contributed by atoms with Crippen LogP contribution < -0.4 is 10.6 Å². The van der Waals surface area contributed by atoms with Gasteiger partial charge < -0.3 is 20.0 Å². The Morgan fingerprint density at radius 2 is 1.97 bits per heavy atom. The van der Waals surface area contributed by atoms with Crippen molar-refractivity contribution >= 4 is 23.2 Å². The molecule has 4 aromatic rings. The van der Waals surface area contributed by atoms with Gasteiger partial charge in [0.15, 0.2) is 11.4 Å². The molecule has 32 heavy (non-hydrogen) atoms. The van der Waals surface area contributed by atoms with Crippen LogP contribution in [0.3, 0.4) is 0 Å². The van der Waals surface area contributed by atoms with Gasteiger partial charge in [-0.25, -0.2) is 9.97 Å². The number of hydrogen-bond acceptors (Lipinski definition) is 7. The quantitative estimate of drug-likeness (QED) is 0.529. The molecule has 0 saturated carbocycles. The summed E-state index contributed by atoms with van der Waals surface area (Å²) in [6, 6.07) is 14.0. The molecule has 0 unspecified atom stereocenters. The van der Waals surface area contributed by atoms with E-state index in [2.05, 4.69) is 32.1 Å². The summed E-state index contributed by atoms with van der Waals surface area (Å²) in [6.07, 6.45) is 3.49. The first-order valence-corrected chi connectivity index (χ1v) is 10.7. The maximum atomic E-state index is 11.7. The van der Waals surface area contributed by atoms with Crippen molar-refractivity contribution in [2.45, 2.75) is 25.8 Å². The van der Waals surface area contributed by atoms with Gasteiger partial charge in [0.05, 0.1) is 12.0 Å². The van der Waals surface area contributed by atoms with Crippen LogP contribution in [0.15, 0.2) is 53.1 Å². The second-order valence-corrected chi connectivity index (χ2v) is 8.08. The molecule has 1 aromatic carbocycles. The zero-order valence-corrected chi connectivity index (χ0v) is 18.1. The number of benzene rings is 1. The minimum absolute atomic E-state index is 0.119. The minimum Gasteiger partial charge on any atom is -0.461 e. The summed E-state index contributed by atoms with van der Waals surface area (Å²) < 4.78 is 6.91. The Hall–Kier alpha value is -3.88. The zero-order chi connectivity index (χ0) is 22.2. The third kappa shape index (κ3) is 3.66. The van der Waals surface area contributed by atoms with E-state index in [1.165, 1.54) is 4.52 Å². The van der Waals surface area contributed by atoms with Crippen molar-refractivity contribution in [1.29, 1.82) is 0 Å². The summed E-state index contributed by atoms with van der Waals surface area (Å²) >= 11 is 0. The van der Waals surface area contributed by atoms with Crippen LogP contribution in [0.5, 0.6) is 0 Å². The summed E-state index contributed by atoms with van der Waals surface area (Å²) in [5.74, 6) is 1.43. The Labute approximate surface area is 185 Å². The van der Waals surface area contributed by atoms with Gasteiger partial charge in [-0.2, -0.15) is 4.52 Å². The maximum Gasteiger partial charge on any atom is 0.223 e. The SMILES string of the molecule is CC(=O)N(C)C1CCN(c2cccc(-c3cc4nc(-c5ccco5)nn4c(N)n3)c2)CC1. The van der Waals surface area contributed by atoms with E-state index in [0.717, 1.165) is 42.9 Å². The van der Waals surface area contributed by atoms with Gasteiger partial charge in [-0.3, -0.25) is 4.79 Å². The van der Waals surface area contributed by atoms with Crippen molar-refractivity contribution < 1.29 is 9.21 Å². The lowest BCUT2D eigenvalue weighted by Crippen LogP contribution is -2.45. The molecule has 3 aromatic heterocycles. The van der Waals surface area contributed by atoms with Gasteiger partial charge in [-0.05, 0) is 37.1 Å². The van der Waals surface area contributed by atoms with Crippen molar-refractivity contribution in [3.8, 4) is 22.8 Å².